The molecule has 1 aliphatic rings. The molecule has 2 rings (SSSR count). The number of nitrogens with zero attached hydrogens (tertiary/aromatic N) is 1. The fraction of sp³-hybridized carbons (Fsp3) is 0.385. The lowest BCUT2D eigenvalue weighted by atomic mass is 10.1. The molecular formula is C13H14N2O3. The summed E-state index contributed by atoms with van der Waals surface area (Å²) in [6.45, 7) is 1.12. The summed E-state index contributed by atoms with van der Waals surface area (Å²) in [5.74, 6) is 0.454. The van der Waals surface area contributed by atoms with Gasteiger partial charge in [0, 0.05) is 18.4 Å². The van der Waals surface area contributed by atoms with Crippen LogP contribution in [0.3, 0.4) is 0 Å². The third kappa shape index (κ3) is 3.22. The number of hydrogen-bond donors (Lipinski definition) is 1. The highest BCUT2D eigenvalue weighted by Crippen LogP contribution is 2.20. The highest BCUT2D eigenvalue weighted by Gasteiger charge is 2.23. The van der Waals surface area contributed by atoms with Crippen LogP contribution in [0.5, 0.6) is 5.75 Å². The van der Waals surface area contributed by atoms with E-state index in [0.29, 0.717) is 24.7 Å². The third-order valence-electron chi connectivity index (χ3n) is 2.71. The van der Waals surface area contributed by atoms with Crippen molar-refractivity contribution in [2.75, 3.05) is 25.1 Å². The number of carbonyl (C=O) groups excluding carboxylic acids is 1. The fourth-order valence-electron chi connectivity index (χ4n) is 1.76. The van der Waals surface area contributed by atoms with Gasteiger partial charge in [-0.05, 0) is 18.6 Å². The van der Waals surface area contributed by atoms with Crippen LogP contribution in [-0.4, -0.2) is 25.7 Å². The Morgan fingerprint density at radius 1 is 1.61 bits per heavy atom. The lowest BCUT2D eigenvalue weighted by Crippen LogP contribution is -2.22. The molecule has 0 radical (unpaired) electrons. The number of anilines is 1. The number of amides is 1. The molecule has 1 aliphatic heterocycles. The molecule has 0 spiro atoms. The first kappa shape index (κ1) is 12.4. The van der Waals surface area contributed by atoms with Crippen molar-refractivity contribution >= 4 is 11.6 Å². The molecule has 0 aromatic heterocycles. The Morgan fingerprint density at radius 2 is 2.50 bits per heavy atom. The summed E-state index contributed by atoms with van der Waals surface area (Å²) < 4.78 is 10.3. The van der Waals surface area contributed by atoms with E-state index in [1.165, 1.54) is 0 Å². The first-order chi connectivity index (χ1) is 8.79. The summed E-state index contributed by atoms with van der Waals surface area (Å²) in [6, 6.07) is 8.89. The zero-order chi connectivity index (χ0) is 12.8. The fourth-order valence-corrected chi connectivity index (χ4v) is 1.76. The normalized spacial score (nSPS) is 18.1. The predicted octanol–water partition coefficient (Wildman–Crippen LogP) is 1.56. The molecule has 1 heterocycles. The molecule has 1 aromatic carbocycles. The Bertz CT molecular complexity index is 462. The van der Waals surface area contributed by atoms with Crippen LogP contribution in [-0.2, 0) is 9.53 Å². The van der Waals surface area contributed by atoms with Gasteiger partial charge in [-0.25, -0.2) is 0 Å². The van der Waals surface area contributed by atoms with Crippen LogP contribution in [0, 0.1) is 17.2 Å². The monoisotopic (exact) mass is 246 g/mol. The van der Waals surface area contributed by atoms with Gasteiger partial charge in [-0.3, -0.25) is 4.79 Å². The van der Waals surface area contributed by atoms with E-state index in [9.17, 15) is 4.79 Å². The number of benzene rings is 1. The van der Waals surface area contributed by atoms with Crippen LogP contribution in [0.1, 0.15) is 6.42 Å². The Labute approximate surface area is 105 Å². The van der Waals surface area contributed by atoms with Gasteiger partial charge in [0.1, 0.15) is 11.8 Å². The summed E-state index contributed by atoms with van der Waals surface area (Å²) in [6.07, 6.45) is 0.760. The Balaban J connectivity index is 1.96. The van der Waals surface area contributed by atoms with Crippen molar-refractivity contribution in [1.82, 2.24) is 0 Å². The largest absolute Gasteiger partial charge is 0.479 e. The third-order valence-corrected chi connectivity index (χ3v) is 2.71. The van der Waals surface area contributed by atoms with Crippen LogP contribution >= 0.6 is 0 Å². The van der Waals surface area contributed by atoms with E-state index in [4.69, 9.17) is 14.7 Å². The van der Waals surface area contributed by atoms with E-state index < -0.39 is 0 Å². The van der Waals surface area contributed by atoms with Crippen LogP contribution in [0.15, 0.2) is 24.3 Å². The van der Waals surface area contributed by atoms with Crippen LogP contribution < -0.4 is 10.1 Å². The van der Waals surface area contributed by atoms with E-state index in [0.717, 1.165) is 6.42 Å². The van der Waals surface area contributed by atoms with E-state index in [-0.39, 0.29) is 18.4 Å². The Kier molecular flexibility index (Phi) is 4.15. The molecule has 18 heavy (non-hydrogen) atoms. The molecule has 0 aliphatic carbocycles. The summed E-state index contributed by atoms with van der Waals surface area (Å²) in [5.41, 5.74) is 0.669. The van der Waals surface area contributed by atoms with Crippen molar-refractivity contribution < 1.29 is 14.3 Å². The molecule has 1 saturated heterocycles. The number of carbonyl (C=O) groups is 1. The molecule has 5 nitrogen and oxygen atoms in total. The first-order valence-electron chi connectivity index (χ1n) is 5.78. The number of hydrogen-bond acceptors (Lipinski definition) is 4. The van der Waals surface area contributed by atoms with Crippen molar-refractivity contribution in [1.29, 1.82) is 5.26 Å². The zero-order valence-corrected chi connectivity index (χ0v) is 9.89. The molecule has 1 N–H and O–H groups in total. The summed E-state index contributed by atoms with van der Waals surface area (Å²) in [5, 5.41) is 11.2. The first-order valence-corrected chi connectivity index (χ1v) is 5.78. The van der Waals surface area contributed by atoms with Gasteiger partial charge in [0.05, 0.1) is 12.5 Å². The van der Waals surface area contributed by atoms with Crippen molar-refractivity contribution in [3.05, 3.63) is 24.3 Å². The summed E-state index contributed by atoms with van der Waals surface area (Å²) in [7, 11) is 0. The molecular weight excluding hydrogens is 232 g/mol. The topological polar surface area (TPSA) is 71.3 Å². The average molecular weight is 246 g/mol. The van der Waals surface area contributed by atoms with Gasteiger partial charge in [0.15, 0.2) is 6.61 Å². The van der Waals surface area contributed by atoms with Gasteiger partial charge in [0.25, 0.3) is 0 Å². The molecule has 1 atom stereocenters. The second kappa shape index (κ2) is 6.03. The molecule has 1 amide bonds. The van der Waals surface area contributed by atoms with Gasteiger partial charge in [-0.2, -0.15) is 5.26 Å². The molecule has 1 unspecified atom stereocenters. The number of ether oxygens (including phenoxy) is 2. The van der Waals surface area contributed by atoms with Crippen molar-refractivity contribution in [3.8, 4) is 11.8 Å². The SMILES string of the molecule is N#CCOc1cccc(NC(=O)C2CCOC2)c1. The minimum Gasteiger partial charge on any atom is -0.479 e. The van der Waals surface area contributed by atoms with E-state index in [2.05, 4.69) is 5.32 Å². The van der Waals surface area contributed by atoms with Gasteiger partial charge in [0.2, 0.25) is 5.91 Å². The molecule has 0 bridgehead atoms. The average Bonchev–Trinajstić information content (AvgIpc) is 2.91. The lowest BCUT2D eigenvalue weighted by Gasteiger charge is -2.10. The maximum Gasteiger partial charge on any atom is 0.229 e. The second-order valence-electron chi connectivity index (χ2n) is 4.02. The van der Waals surface area contributed by atoms with Gasteiger partial charge < -0.3 is 14.8 Å². The highest BCUT2D eigenvalue weighted by atomic mass is 16.5. The van der Waals surface area contributed by atoms with Crippen LogP contribution in [0.2, 0.25) is 0 Å². The Hall–Kier alpha value is -2.06. The second-order valence-corrected chi connectivity index (χ2v) is 4.02. The zero-order valence-electron chi connectivity index (χ0n) is 9.89. The Morgan fingerprint density at radius 3 is 3.22 bits per heavy atom. The standard InChI is InChI=1S/C13H14N2O3/c14-5-7-18-12-3-1-2-11(8-12)15-13(16)10-4-6-17-9-10/h1-3,8,10H,4,6-7,9H2,(H,15,16). The number of rotatable bonds is 4. The lowest BCUT2D eigenvalue weighted by molar-refractivity contribution is -0.119. The number of nitrogens with one attached hydrogen (secondary N) is 1. The molecule has 94 valence electrons. The smallest absolute Gasteiger partial charge is 0.229 e. The van der Waals surface area contributed by atoms with Gasteiger partial charge >= 0.3 is 0 Å². The number of nitriles is 1. The van der Waals surface area contributed by atoms with Crippen LogP contribution in [0.25, 0.3) is 0 Å². The molecule has 5 heteroatoms. The van der Waals surface area contributed by atoms with Crippen LogP contribution in [0.4, 0.5) is 5.69 Å². The van der Waals surface area contributed by atoms with Crippen molar-refractivity contribution in [2.24, 2.45) is 5.92 Å². The van der Waals surface area contributed by atoms with Gasteiger partial charge in [-0.1, -0.05) is 6.07 Å². The van der Waals surface area contributed by atoms with Gasteiger partial charge in [-0.15, -0.1) is 0 Å². The maximum absolute atomic E-state index is 11.9. The minimum absolute atomic E-state index is 0.00609. The minimum atomic E-state index is -0.0753. The van der Waals surface area contributed by atoms with E-state index >= 15 is 0 Å². The highest BCUT2D eigenvalue weighted by molar-refractivity contribution is 5.92. The predicted molar refractivity (Wildman–Crippen MR) is 65.1 cm³/mol. The van der Waals surface area contributed by atoms with Crippen molar-refractivity contribution in [3.63, 3.8) is 0 Å². The van der Waals surface area contributed by atoms with E-state index in [1.807, 2.05) is 6.07 Å². The summed E-state index contributed by atoms with van der Waals surface area (Å²) in [4.78, 5) is 11.9. The maximum atomic E-state index is 11.9. The van der Waals surface area contributed by atoms with Crippen molar-refractivity contribution in [2.45, 2.75) is 6.42 Å². The van der Waals surface area contributed by atoms with E-state index in [1.54, 1.807) is 24.3 Å². The molecule has 1 fully saturated rings. The molecule has 1 aromatic rings. The quantitative estimate of drug-likeness (QED) is 0.875. The summed E-state index contributed by atoms with van der Waals surface area (Å²) >= 11 is 0. The molecule has 0 saturated carbocycles.